The lowest BCUT2D eigenvalue weighted by Gasteiger charge is -2.33. The van der Waals surface area contributed by atoms with Crippen LogP contribution in [0.1, 0.15) is 20.8 Å². The van der Waals surface area contributed by atoms with Gasteiger partial charge >= 0.3 is 0 Å². The van der Waals surface area contributed by atoms with Gasteiger partial charge in [0.1, 0.15) is 5.66 Å². The van der Waals surface area contributed by atoms with E-state index in [1.807, 2.05) is 20.0 Å². The zero-order valence-electron chi connectivity index (χ0n) is 7.05. The van der Waals surface area contributed by atoms with E-state index in [4.69, 9.17) is 0 Å². The van der Waals surface area contributed by atoms with Crippen molar-refractivity contribution in [2.75, 3.05) is 7.05 Å². The number of hydrogen-bond donors (Lipinski definition) is 0. The molecule has 0 unspecified atom stereocenters. The summed E-state index contributed by atoms with van der Waals surface area (Å²) in [6.45, 7) is 6.21. The van der Waals surface area contributed by atoms with Gasteiger partial charge in [-0.1, -0.05) is 0 Å². The van der Waals surface area contributed by atoms with Gasteiger partial charge in [0.25, 0.3) is 0 Å². The maximum absolute atomic E-state index is 4.45. The number of aliphatic imine (C=N–C) groups is 1. The lowest BCUT2D eigenvalue weighted by molar-refractivity contribution is 0.233. The molecule has 1 heterocycles. The van der Waals surface area contributed by atoms with E-state index in [1.54, 1.807) is 0 Å². The lowest BCUT2D eigenvalue weighted by Crippen LogP contribution is -2.38. The second-order valence-electron chi connectivity index (χ2n) is 3.17. The van der Waals surface area contributed by atoms with Crippen LogP contribution in [0.25, 0.3) is 0 Å². The quantitative estimate of drug-likeness (QED) is 0.497. The van der Waals surface area contributed by atoms with Crippen molar-refractivity contribution in [3.63, 3.8) is 0 Å². The summed E-state index contributed by atoms with van der Waals surface area (Å²) in [4.78, 5) is 6.55. The van der Waals surface area contributed by atoms with Gasteiger partial charge in [0.2, 0.25) is 0 Å². The van der Waals surface area contributed by atoms with E-state index in [1.165, 1.54) is 0 Å². The monoisotopic (exact) mass is 138 g/mol. The number of nitrogens with zero attached hydrogens (tertiary/aromatic N) is 2. The van der Waals surface area contributed by atoms with Crippen molar-refractivity contribution in [1.29, 1.82) is 0 Å². The molecule has 0 spiro atoms. The zero-order chi connectivity index (χ0) is 7.78. The van der Waals surface area contributed by atoms with Crippen molar-refractivity contribution in [2.24, 2.45) is 4.99 Å². The average molecular weight is 138 g/mol. The minimum absolute atomic E-state index is 0.0567. The van der Waals surface area contributed by atoms with Gasteiger partial charge in [-0.05, 0) is 26.8 Å². The smallest absolute Gasteiger partial charge is 0.125 e. The molecule has 0 aromatic carbocycles. The minimum atomic E-state index is -0.0567. The van der Waals surface area contributed by atoms with Crippen LogP contribution in [0.15, 0.2) is 17.3 Å². The largest absolute Gasteiger partial charge is 0.357 e. The third-order valence-electron chi connectivity index (χ3n) is 1.85. The Morgan fingerprint density at radius 2 is 2.10 bits per heavy atom. The van der Waals surface area contributed by atoms with Gasteiger partial charge < -0.3 is 4.90 Å². The topological polar surface area (TPSA) is 15.6 Å². The van der Waals surface area contributed by atoms with E-state index in [0.29, 0.717) is 0 Å². The lowest BCUT2D eigenvalue weighted by atomic mass is 10.2. The second-order valence-corrected chi connectivity index (χ2v) is 3.17. The van der Waals surface area contributed by atoms with Crippen molar-refractivity contribution < 1.29 is 0 Å². The first-order valence-electron chi connectivity index (χ1n) is 3.50. The molecule has 0 atom stereocenters. The Morgan fingerprint density at radius 3 is 2.50 bits per heavy atom. The Balaban J connectivity index is 2.88. The molecule has 0 bridgehead atoms. The van der Waals surface area contributed by atoms with Crippen molar-refractivity contribution in [1.82, 2.24) is 4.90 Å². The van der Waals surface area contributed by atoms with Crippen molar-refractivity contribution in [3.05, 3.63) is 12.3 Å². The molecule has 0 aromatic rings. The van der Waals surface area contributed by atoms with Crippen molar-refractivity contribution >= 4 is 5.71 Å². The molecule has 2 nitrogen and oxygen atoms in total. The Kier molecular flexibility index (Phi) is 1.55. The number of allylic oxidation sites excluding steroid dienone is 1. The highest BCUT2D eigenvalue weighted by molar-refractivity contribution is 5.93. The number of rotatable bonds is 0. The van der Waals surface area contributed by atoms with Crippen molar-refractivity contribution in [2.45, 2.75) is 26.4 Å². The molecule has 0 saturated carbocycles. The maximum atomic E-state index is 4.45. The molecule has 0 fully saturated rings. The van der Waals surface area contributed by atoms with Crippen LogP contribution in [-0.2, 0) is 0 Å². The second kappa shape index (κ2) is 2.11. The Hall–Kier alpha value is -0.790. The van der Waals surface area contributed by atoms with Gasteiger partial charge in [-0.15, -0.1) is 0 Å². The third-order valence-corrected chi connectivity index (χ3v) is 1.85. The average Bonchev–Trinajstić information content (AvgIpc) is 1.78. The summed E-state index contributed by atoms with van der Waals surface area (Å²) < 4.78 is 0. The summed E-state index contributed by atoms with van der Waals surface area (Å²) in [6.07, 6.45) is 4.08. The standard InChI is InChI=1S/C8H14N2/c1-7-5-6-10(4)8(2,3)9-7/h5-6H,1-4H3. The van der Waals surface area contributed by atoms with Crippen LogP contribution in [0.3, 0.4) is 0 Å². The van der Waals surface area contributed by atoms with Gasteiger partial charge in [0.05, 0.1) is 0 Å². The van der Waals surface area contributed by atoms with Gasteiger partial charge in [0.15, 0.2) is 0 Å². The minimum Gasteiger partial charge on any atom is -0.357 e. The van der Waals surface area contributed by atoms with Crippen LogP contribution < -0.4 is 0 Å². The normalized spacial score (nSPS) is 22.8. The highest BCUT2D eigenvalue weighted by Gasteiger charge is 2.21. The van der Waals surface area contributed by atoms with E-state index in [0.717, 1.165) is 5.71 Å². The van der Waals surface area contributed by atoms with Crippen LogP contribution >= 0.6 is 0 Å². The van der Waals surface area contributed by atoms with Crippen LogP contribution in [0, 0.1) is 0 Å². The molecule has 1 aliphatic rings. The molecule has 0 aromatic heterocycles. The first-order chi connectivity index (χ1) is 4.52. The molecule has 2 heteroatoms. The SMILES string of the molecule is CC1=NC(C)(C)N(C)C=C1. The zero-order valence-corrected chi connectivity index (χ0v) is 7.05. The van der Waals surface area contributed by atoms with Gasteiger partial charge in [-0.25, -0.2) is 0 Å². The van der Waals surface area contributed by atoms with Gasteiger partial charge in [-0.3, -0.25) is 4.99 Å². The van der Waals surface area contributed by atoms with Crippen molar-refractivity contribution in [3.8, 4) is 0 Å². The number of hydrogen-bond acceptors (Lipinski definition) is 2. The molecule has 10 heavy (non-hydrogen) atoms. The molecule has 0 saturated heterocycles. The summed E-state index contributed by atoms with van der Waals surface area (Å²) in [7, 11) is 2.03. The van der Waals surface area contributed by atoms with Gasteiger partial charge in [-0.2, -0.15) is 0 Å². The fourth-order valence-corrected chi connectivity index (χ4v) is 0.950. The predicted octanol–water partition coefficient (Wildman–Crippen LogP) is 1.64. The molecule has 0 radical (unpaired) electrons. The van der Waals surface area contributed by atoms with Gasteiger partial charge in [0, 0.05) is 19.0 Å². The first-order valence-corrected chi connectivity index (χ1v) is 3.50. The molecule has 0 amide bonds. The molecule has 0 N–H and O–H groups in total. The summed E-state index contributed by atoms with van der Waals surface area (Å²) in [5.74, 6) is 0. The summed E-state index contributed by atoms with van der Waals surface area (Å²) in [5, 5.41) is 0. The molecular weight excluding hydrogens is 124 g/mol. The first kappa shape index (κ1) is 7.32. The molecule has 56 valence electrons. The third kappa shape index (κ3) is 1.20. The van der Waals surface area contributed by atoms with E-state index in [9.17, 15) is 0 Å². The van der Waals surface area contributed by atoms with E-state index in [2.05, 4.69) is 29.9 Å². The highest BCUT2D eigenvalue weighted by atomic mass is 15.3. The summed E-state index contributed by atoms with van der Waals surface area (Å²) in [6, 6.07) is 0. The van der Waals surface area contributed by atoms with Crippen LogP contribution in [-0.4, -0.2) is 23.3 Å². The van der Waals surface area contributed by atoms with E-state index >= 15 is 0 Å². The Labute approximate surface area is 62.3 Å². The van der Waals surface area contributed by atoms with Crippen LogP contribution in [0.5, 0.6) is 0 Å². The summed E-state index contributed by atoms with van der Waals surface area (Å²) in [5.41, 5.74) is 1.04. The van der Waals surface area contributed by atoms with E-state index < -0.39 is 0 Å². The van der Waals surface area contributed by atoms with Crippen LogP contribution in [0.4, 0.5) is 0 Å². The fraction of sp³-hybridized carbons (Fsp3) is 0.625. The fourth-order valence-electron chi connectivity index (χ4n) is 0.950. The summed E-state index contributed by atoms with van der Waals surface area (Å²) >= 11 is 0. The van der Waals surface area contributed by atoms with Crippen LogP contribution in [0.2, 0.25) is 0 Å². The predicted molar refractivity (Wildman–Crippen MR) is 44.1 cm³/mol. The highest BCUT2D eigenvalue weighted by Crippen LogP contribution is 2.17. The molecular formula is C8H14N2. The molecule has 0 aliphatic carbocycles. The molecule has 1 aliphatic heterocycles. The Morgan fingerprint density at radius 1 is 1.50 bits per heavy atom. The maximum Gasteiger partial charge on any atom is 0.125 e. The van der Waals surface area contributed by atoms with E-state index in [-0.39, 0.29) is 5.66 Å². The Bertz CT molecular complexity index is 189. The molecule has 1 rings (SSSR count).